The second-order valence-electron chi connectivity index (χ2n) is 6.63. The minimum absolute atomic E-state index is 0.374. The van der Waals surface area contributed by atoms with E-state index in [0.717, 1.165) is 32.7 Å². The molecule has 10 nitrogen and oxygen atoms in total. The lowest BCUT2D eigenvalue weighted by molar-refractivity contribution is -0.192. The Kier molecular flexibility index (Phi) is 7.64. The van der Waals surface area contributed by atoms with E-state index >= 15 is 0 Å². The summed E-state index contributed by atoms with van der Waals surface area (Å²) >= 11 is 0. The fourth-order valence-electron chi connectivity index (χ4n) is 2.67. The van der Waals surface area contributed by atoms with Crippen molar-refractivity contribution in [2.45, 2.75) is 26.1 Å². The molecule has 1 aliphatic rings. The number of hydrogen-bond donors (Lipinski definition) is 1. The van der Waals surface area contributed by atoms with Gasteiger partial charge in [0, 0.05) is 13.1 Å². The smallest absolute Gasteiger partial charge is 0.476 e. The number of ether oxygens (including phenoxy) is 2. The van der Waals surface area contributed by atoms with Gasteiger partial charge in [-0.15, -0.1) is 0 Å². The van der Waals surface area contributed by atoms with E-state index in [0.29, 0.717) is 47.7 Å². The van der Waals surface area contributed by atoms with Crippen LogP contribution < -0.4 is 4.74 Å². The quantitative estimate of drug-likeness (QED) is 0.589. The Balaban J connectivity index is 0.000000360. The molecule has 3 aromatic rings. The monoisotopic (exact) mass is 458 g/mol. The van der Waals surface area contributed by atoms with Gasteiger partial charge in [-0.25, -0.2) is 4.79 Å². The van der Waals surface area contributed by atoms with Crippen LogP contribution in [-0.4, -0.2) is 70.0 Å². The van der Waals surface area contributed by atoms with Gasteiger partial charge in [-0.2, -0.15) is 28.1 Å². The van der Waals surface area contributed by atoms with Gasteiger partial charge < -0.3 is 23.4 Å². The van der Waals surface area contributed by atoms with Gasteiger partial charge in [0.1, 0.15) is 0 Å². The summed E-state index contributed by atoms with van der Waals surface area (Å²) in [6.07, 6.45) is -2.62. The number of oxazole rings is 1. The van der Waals surface area contributed by atoms with Crippen LogP contribution in [0.3, 0.4) is 0 Å². The third-order valence-corrected chi connectivity index (χ3v) is 4.16. The molecule has 1 fully saturated rings. The van der Waals surface area contributed by atoms with Crippen molar-refractivity contribution in [1.82, 2.24) is 19.9 Å². The summed E-state index contributed by atoms with van der Waals surface area (Å²) in [6, 6.07) is 3.58. The molecule has 0 spiro atoms. The van der Waals surface area contributed by atoms with Crippen molar-refractivity contribution in [3.63, 3.8) is 0 Å². The maximum Gasteiger partial charge on any atom is 0.490 e. The number of aliphatic carboxylic acids is 1. The van der Waals surface area contributed by atoms with Crippen molar-refractivity contribution in [2.24, 2.45) is 0 Å². The van der Waals surface area contributed by atoms with E-state index < -0.39 is 12.1 Å². The lowest BCUT2D eigenvalue weighted by atomic mass is 10.4. The van der Waals surface area contributed by atoms with E-state index in [4.69, 9.17) is 28.2 Å². The molecule has 13 heteroatoms. The topological polar surface area (TPSA) is 124 Å². The molecule has 0 aliphatic carbocycles. The largest absolute Gasteiger partial charge is 0.490 e. The van der Waals surface area contributed by atoms with Crippen molar-refractivity contribution >= 4 is 17.2 Å². The Bertz CT molecular complexity index is 1020. The Labute approximate surface area is 180 Å². The van der Waals surface area contributed by atoms with Gasteiger partial charge in [0.2, 0.25) is 5.88 Å². The molecule has 4 rings (SSSR count). The van der Waals surface area contributed by atoms with Gasteiger partial charge in [-0.3, -0.25) is 4.90 Å². The summed E-state index contributed by atoms with van der Waals surface area (Å²) in [6.45, 7) is 6.41. The highest BCUT2D eigenvalue weighted by molar-refractivity contribution is 5.76. The number of fused-ring (bicyclic) bond motifs is 1. The van der Waals surface area contributed by atoms with Crippen molar-refractivity contribution in [3.8, 4) is 17.5 Å². The van der Waals surface area contributed by atoms with Crippen molar-refractivity contribution in [3.05, 3.63) is 24.2 Å². The molecular weight excluding hydrogens is 437 g/mol. The second kappa shape index (κ2) is 10.4. The molecule has 4 heterocycles. The van der Waals surface area contributed by atoms with Gasteiger partial charge in [0.15, 0.2) is 17.1 Å². The number of furan rings is 1. The van der Waals surface area contributed by atoms with Crippen LogP contribution in [0.2, 0.25) is 0 Å². The lowest BCUT2D eigenvalue weighted by Crippen LogP contribution is -2.36. The van der Waals surface area contributed by atoms with Crippen LogP contribution in [0.1, 0.15) is 19.2 Å². The highest BCUT2D eigenvalue weighted by atomic mass is 19.4. The number of nitrogens with zero attached hydrogens (tertiary/aromatic N) is 4. The van der Waals surface area contributed by atoms with Crippen LogP contribution >= 0.6 is 0 Å². The van der Waals surface area contributed by atoms with E-state index in [2.05, 4.69) is 19.9 Å². The normalized spacial score (nSPS) is 14.8. The molecule has 0 amide bonds. The van der Waals surface area contributed by atoms with Crippen LogP contribution in [-0.2, 0) is 16.1 Å². The molecular formula is C19H21F3N4O6. The van der Waals surface area contributed by atoms with E-state index in [1.54, 1.807) is 18.4 Å². The summed E-state index contributed by atoms with van der Waals surface area (Å²) in [5, 5.41) is 7.12. The fraction of sp³-hybridized carbons (Fsp3) is 0.474. The zero-order valence-electron chi connectivity index (χ0n) is 17.1. The molecule has 0 aromatic carbocycles. The van der Waals surface area contributed by atoms with Crippen molar-refractivity contribution in [1.29, 1.82) is 0 Å². The maximum atomic E-state index is 10.6. The highest BCUT2D eigenvalue weighted by Gasteiger charge is 2.38. The summed E-state index contributed by atoms with van der Waals surface area (Å²) in [7, 11) is 0. The Morgan fingerprint density at radius 2 is 1.97 bits per heavy atom. The number of hydrogen-bond acceptors (Lipinski definition) is 9. The number of alkyl halides is 3. The Morgan fingerprint density at radius 1 is 1.25 bits per heavy atom. The Hall–Kier alpha value is -3.19. The average Bonchev–Trinajstić information content (AvgIpc) is 3.42. The van der Waals surface area contributed by atoms with Crippen LogP contribution in [0.25, 0.3) is 22.9 Å². The van der Waals surface area contributed by atoms with Gasteiger partial charge in [-0.05, 0) is 18.6 Å². The van der Waals surface area contributed by atoms with Gasteiger partial charge in [0.25, 0.3) is 11.6 Å². The molecule has 0 unspecified atom stereocenters. The minimum atomic E-state index is -5.08. The van der Waals surface area contributed by atoms with E-state index in [-0.39, 0.29) is 0 Å². The predicted molar refractivity (Wildman–Crippen MR) is 103 cm³/mol. The van der Waals surface area contributed by atoms with E-state index in [9.17, 15) is 13.2 Å². The third-order valence-electron chi connectivity index (χ3n) is 4.16. The van der Waals surface area contributed by atoms with Crippen LogP contribution in [0, 0.1) is 0 Å². The molecule has 1 saturated heterocycles. The fourth-order valence-corrected chi connectivity index (χ4v) is 2.67. The SMILES string of the molecule is CCCOc1nc(CN2CCOCC2)nc2oc(-c3ccco3)nc12.O=C(O)C(F)(F)F. The lowest BCUT2D eigenvalue weighted by Gasteiger charge is -2.25. The van der Waals surface area contributed by atoms with Gasteiger partial charge in [-0.1, -0.05) is 6.92 Å². The summed E-state index contributed by atoms with van der Waals surface area (Å²) in [5.41, 5.74) is 0.932. The van der Waals surface area contributed by atoms with Crippen LogP contribution in [0.5, 0.6) is 5.88 Å². The van der Waals surface area contributed by atoms with Crippen LogP contribution in [0.15, 0.2) is 27.2 Å². The zero-order valence-corrected chi connectivity index (χ0v) is 17.1. The number of halogens is 3. The predicted octanol–water partition coefficient (Wildman–Crippen LogP) is 3.13. The molecule has 1 aliphatic heterocycles. The van der Waals surface area contributed by atoms with E-state index in [1.165, 1.54) is 0 Å². The first kappa shape index (κ1) is 23.5. The van der Waals surface area contributed by atoms with Crippen molar-refractivity contribution in [2.75, 3.05) is 32.9 Å². The molecule has 174 valence electrons. The third kappa shape index (κ3) is 6.17. The molecule has 0 bridgehead atoms. The average molecular weight is 458 g/mol. The number of carboxylic acids is 1. The standard InChI is InChI=1S/C17H20N4O4.C2HF3O2/c1-2-7-24-16-14-17(25-15(20-14)12-4-3-8-23-12)19-13(18-16)11-21-5-9-22-10-6-21;3-2(4,5)1(6)7/h3-4,8H,2,5-7,9-11H2,1H3;(H,6,7). The summed E-state index contributed by atoms with van der Waals surface area (Å²) in [5.74, 6) is -0.722. The number of morpholine rings is 1. The van der Waals surface area contributed by atoms with Crippen LogP contribution in [0.4, 0.5) is 13.2 Å². The van der Waals surface area contributed by atoms with Gasteiger partial charge in [0.05, 0.1) is 32.6 Å². The number of carbonyl (C=O) groups is 1. The molecule has 1 N–H and O–H groups in total. The highest BCUT2D eigenvalue weighted by Crippen LogP contribution is 2.28. The van der Waals surface area contributed by atoms with E-state index in [1.807, 2.05) is 6.92 Å². The molecule has 3 aromatic heterocycles. The zero-order chi connectivity index (χ0) is 23.1. The second-order valence-corrected chi connectivity index (χ2v) is 6.63. The van der Waals surface area contributed by atoms with Gasteiger partial charge >= 0.3 is 12.1 Å². The number of carboxylic acid groups (broad SMARTS) is 1. The van der Waals surface area contributed by atoms with Crippen molar-refractivity contribution < 1.29 is 41.4 Å². The summed E-state index contributed by atoms with van der Waals surface area (Å²) in [4.78, 5) is 24.7. The minimum Gasteiger partial charge on any atom is -0.476 e. The first-order valence-electron chi connectivity index (χ1n) is 9.72. The molecule has 0 saturated carbocycles. The molecule has 0 radical (unpaired) electrons. The number of rotatable bonds is 6. The maximum absolute atomic E-state index is 10.6. The Morgan fingerprint density at radius 3 is 2.56 bits per heavy atom. The number of aromatic nitrogens is 3. The first-order valence-corrected chi connectivity index (χ1v) is 9.72. The summed E-state index contributed by atoms with van der Waals surface area (Å²) < 4.78 is 54.0. The molecule has 0 atom stereocenters. The first-order chi connectivity index (χ1) is 15.3. The molecule has 32 heavy (non-hydrogen) atoms.